The maximum atomic E-state index is 6.27. The summed E-state index contributed by atoms with van der Waals surface area (Å²) in [6.07, 6.45) is 3.69. The third-order valence-electron chi connectivity index (χ3n) is 4.10. The number of pyridine rings is 1. The summed E-state index contributed by atoms with van der Waals surface area (Å²) in [6, 6.07) is 5.67. The molecule has 2 unspecified atom stereocenters. The number of aromatic nitrogens is 1. The lowest BCUT2D eigenvalue weighted by Gasteiger charge is -2.29. The molecule has 0 amide bonds. The zero-order chi connectivity index (χ0) is 14.7. The average molecular weight is 296 g/mol. The van der Waals surface area contributed by atoms with Crippen LogP contribution in [0.5, 0.6) is 0 Å². The molecular weight excluding hydrogens is 270 g/mol. The second-order valence-electron chi connectivity index (χ2n) is 6.03. The number of rotatable bonds is 5. The van der Waals surface area contributed by atoms with Gasteiger partial charge >= 0.3 is 0 Å². The van der Waals surface area contributed by atoms with Crippen LogP contribution in [0.3, 0.4) is 0 Å². The van der Waals surface area contributed by atoms with Gasteiger partial charge in [0, 0.05) is 24.7 Å². The summed E-state index contributed by atoms with van der Waals surface area (Å²) in [5.41, 5.74) is 0.951. The molecule has 112 valence electrons. The first kappa shape index (κ1) is 15.6. The van der Waals surface area contributed by atoms with Crippen LogP contribution in [0.1, 0.15) is 52.7 Å². The molecule has 1 N–H and O–H groups in total. The van der Waals surface area contributed by atoms with Gasteiger partial charge in [0.05, 0.1) is 10.7 Å². The number of halogens is 1. The fourth-order valence-electron chi connectivity index (χ4n) is 2.93. The maximum absolute atomic E-state index is 6.27. The quantitative estimate of drug-likeness (QED) is 0.890. The predicted molar refractivity (Wildman–Crippen MR) is 86.5 cm³/mol. The molecule has 3 nitrogen and oxygen atoms in total. The molecule has 0 spiro atoms. The van der Waals surface area contributed by atoms with Gasteiger partial charge in [-0.1, -0.05) is 32.4 Å². The minimum atomic E-state index is 0.436. The van der Waals surface area contributed by atoms with E-state index in [0.717, 1.165) is 23.1 Å². The van der Waals surface area contributed by atoms with Gasteiger partial charge in [-0.3, -0.25) is 0 Å². The summed E-state index contributed by atoms with van der Waals surface area (Å²) in [4.78, 5) is 7.27. The van der Waals surface area contributed by atoms with E-state index in [2.05, 4.69) is 44.0 Å². The van der Waals surface area contributed by atoms with E-state index in [4.69, 9.17) is 16.6 Å². The zero-order valence-corrected chi connectivity index (χ0v) is 13.7. The second-order valence-corrected chi connectivity index (χ2v) is 6.44. The van der Waals surface area contributed by atoms with Crippen molar-refractivity contribution in [1.82, 2.24) is 10.3 Å². The fourth-order valence-corrected chi connectivity index (χ4v) is 3.10. The minimum absolute atomic E-state index is 0.436. The van der Waals surface area contributed by atoms with Gasteiger partial charge in [-0.2, -0.15) is 0 Å². The molecule has 2 heterocycles. The monoisotopic (exact) mass is 295 g/mol. The molecule has 0 aromatic carbocycles. The number of anilines is 1. The van der Waals surface area contributed by atoms with E-state index in [1.54, 1.807) is 0 Å². The molecule has 1 fully saturated rings. The third-order valence-corrected chi connectivity index (χ3v) is 4.45. The lowest BCUT2D eigenvalue weighted by atomic mass is 10.1. The summed E-state index contributed by atoms with van der Waals surface area (Å²) in [5.74, 6) is 1.08. The number of nitrogens with zero attached hydrogens (tertiary/aromatic N) is 2. The molecular formula is C16H26ClN3. The van der Waals surface area contributed by atoms with Gasteiger partial charge in [0.15, 0.2) is 0 Å². The van der Waals surface area contributed by atoms with E-state index in [1.165, 1.54) is 19.3 Å². The predicted octanol–water partition coefficient (Wildman–Crippen LogP) is 4.00. The van der Waals surface area contributed by atoms with E-state index in [-0.39, 0.29) is 0 Å². The Morgan fingerprint density at radius 3 is 2.80 bits per heavy atom. The van der Waals surface area contributed by atoms with Crippen LogP contribution in [0.25, 0.3) is 0 Å². The van der Waals surface area contributed by atoms with Crippen LogP contribution in [0.15, 0.2) is 12.1 Å². The van der Waals surface area contributed by atoms with Crippen LogP contribution in [0.4, 0.5) is 5.82 Å². The van der Waals surface area contributed by atoms with Gasteiger partial charge in [-0.25, -0.2) is 4.98 Å². The van der Waals surface area contributed by atoms with Crippen molar-refractivity contribution >= 4 is 17.4 Å². The van der Waals surface area contributed by atoms with Crippen molar-refractivity contribution in [2.24, 2.45) is 0 Å². The topological polar surface area (TPSA) is 28.2 Å². The highest BCUT2D eigenvalue weighted by atomic mass is 35.5. The van der Waals surface area contributed by atoms with E-state index < -0.39 is 0 Å². The summed E-state index contributed by atoms with van der Waals surface area (Å²) < 4.78 is 0. The SMILES string of the molecule is CCC1CCC(C)N1c1ccc(Cl)c(CNC(C)C)n1. The van der Waals surface area contributed by atoms with Gasteiger partial charge < -0.3 is 10.2 Å². The van der Waals surface area contributed by atoms with E-state index in [1.807, 2.05) is 6.07 Å². The smallest absolute Gasteiger partial charge is 0.129 e. The second kappa shape index (κ2) is 6.77. The van der Waals surface area contributed by atoms with Crippen LogP contribution in [-0.2, 0) is 6.54 Å². The molecule has 0 radical (unpaired) electrons. The Bertz CT molecular complexity index is 447. The number of nitrogens with one attached hydrogen (secondary N) is 1. The van der Waals surface area contributed by atoms with Crippen molar-refractivity contribution in [3.05, 3.63) is 22.8 Å². The number of hydrogen-bond donors (Lipinski definition) is 1. The maximum Gasteiger partial charge on any atom is 0.129 e. The molecule has 0 bridgehead atoms. The highest BCUT2D eigenvalue weighted by Gasteiger charge is 2.30. The first-order valence-electron chi connectivity index (χ1n) is 7.70. The molecule has 1 aromatic rings. The summed E-state index contributed by atoms with van der Waals surface area (Å²) in [5, 5.41) is 4.14. The standard InChI is InChI=1S/C16H26ClN3/c1-5-13-7-6-12(4)20(13)16-9-8-14(17)15(19-16)10-18-11(2)3/h8-9,11-13,18H,5-7,10H2,1-4H3. The Kier molecular flexibility index (Phi) is 5.28. The van der Waals surface area contributed by atoms with Crippen LogP contribution < -0.4 is 10.2 Å². The Morgan fingerprint density at radius 2 is 2.15 bits per heavy atom. The van der Waals surface area contributed by atoms with Crippen LogP contribution >= 0.6 is 11.6 Å². The highest BCUT2D eigenvalue weighted by Crippen LogP contribution is 2.31. The van der Waals surface area contributed by atoms with Crippen molar-refractivity contribution in [2.75, 3.05) is 4.90 Å². The Morgan fingerprint density at radius 1 is 1.40 bits per heavy atom. The molecule has 1 aromatic heterocycles. The van der Waals surface area contributed by atoms with Crippen molar-refractivity contribution in [2.45, 2.75) is 71.6 Å². The zero-order valence-electron chi connectivity index (χ0n) is 13.0. The fraction of sp³-hybridized carbons (Fsp3) is 0.688. The molecule has 20 heavy (non-hydrogen) atoms. The van der Waals surface area contributed by atoms with Crippen LogP contribution in [-0.4, -0.2) is 23.1 Å². The summed E-state index contributed by atoms with van der Waals surface area (Å²) in [6.45, 7) is 9.54. The molecule has 1 aliphatic rings. The molecule has 1 saturated heterocycles. The van der Waals surface area contributed by atoms with Gasteiger partial charge in [0.1, 0.15) is 5.82 Å². The van der Waals surface area contributed by atoms with Crippen LogP contribution in [0.2, 0.25) is 5.02 Å². The molecule has 2 atom stereocenters. The highest BCUT2D eigenvalue weighted by molar-refractivity contribution is 6.31. The molecule has 0 aliphatic carbocycles. The largest absolute Gasteiger partial charge is 0.351 e. The summed E-state index contributed by atoms with van der Waals surface area (Å²) >= 11 is 6.27. The van der Waals surface area contributed by atoms with Crippen LogP contribution in [0, 0.1) is 0 Å². The first-order chi connectivity index (χ1) is 9.52. The van der Waals surface area contributed by atoms with E-state index >= 15 is 0 Å². The third kappa shape index (κ3) is 3.44. The Labute approximate surface area is 127 Å². The van der Waals surface area contributed by atoms with Gasteiger partial charge in [0.25, 0.3) is 0 Å². The van der Waals surface area contributed by atoms with E-state index in [9.17, 15) is 0 Å². The van der Waals surface area contributed by atoms with Gasteiger partial charge in [-0.15, -0.1) is 0 Å². The average Bonchev–Trinajstić information content (AvgIpc) is 2.79. The van der Waals surface area contributed by atoms with Crippen molar-refractivity contribution in [1.29, 1.82) is 0 Å². The molecule has 4 heteroatoms. The Balaban J connectivity index is 2.21. The summed E-state index contributed by atoms with van der Waals surface area (Å²) in [7, 11) is 0. The van der Waals surface area contributed by atoms with Gasteiger partial charge in [0.2, 0.25) is 0 Å². The minimum Gasteiger partial charge on any atom is -0.351 e. The first-order valence-corrected chi connectivity index (χ1v) is 8.07. The number of hydrogen-bond acceptors (Lipinski definition) is 3. The normalized spacial score (nSPS) is 22.8. The Hall–Kier alpha value is -0.800. The van der Waals surface area contributed by atoms with Crippen molar-refractivity contribution in [3.8, 4) is 0 Å². The molecule has 0 saturated carbocycles. The van der Waals surface area contributed by atoms with Gasteiger partial charge in [-0.05, 0) is 38.3 Å². The van der Waals surface area contributed by atoms with E-state index in [0.29, 0.717) is 18.1 Å². The van der Waals surface area contributed by atoms with Crippen molar-refractivity contribution in [3.63, 3.8) is 0 Å². The lowest BCUT2D eigenvalue weighted by Crippen LogP contribution is -2.35. The van der Waals surface area contributed by atoms with Crippen molar-refractivity contribution < 1.29 is 0 Å². The lowest BCUT2D eigenvalue weighted by molar-refractivity contribution is 0.578. The molecule has 2 rings (SSSR count). The molecule has 1 aliphatic heterocycles.